The van der Waals surface area contributed by atoms with Crippen LogP contribution >= 0.6 is 0 Å². The van der Waals surface area contributed by atoms with Gasteiger partial charge in [0.05, 0.1) is 25.9 Å². The Morgan fingerprint density at radius 1 is 1.00 bits per heavy atom. The van der Waals surface area contributed by atoms with E-state index in [4.69, 9.17) is 9.47 Å². The second kappa shape index (κ2) is 7.92. The van der Waals surface area contributed by atoms with Gasteiger partial charge < -0.3 is 14.0 Å². The molecule has 140 valence electrons. The molecule has 6 nitrogen and oxygen atoms in total. The highest BCUT2D eigenvalue weighted by molar-refractivity contribution is 5.84. The lowest BCUT2D eigenvalue weighted by Gasteiger charge is -2.18. The van der Waals surface area contributed by atoms with Crippen molar-refractivity contribution in [2.45, 2.75) is 12.5 Å². The molecule has 0 aliphatic rings. The molecule has 0 radical (unpaired) electrons. The third-order valence-corrected chi connectivity index (χ3v) is 4.59. The van der Waals surface area contributed by atoms with Crippen molar-refractivity contribution in [1.29, 1.82) is 0 Å². The van der Waals surface area contributed by atoms with Crippen LogP contribution in [0.25, 0.3) is 10.8 Å². The Kier molecular flexibility index (Phi) is 5.01. The van der Waals surface area contributed by atoms with E-state index < -0.39 is 0 Å². The van der Waals surface area contributed by atoms with Gasteiger partial charge in [-0.1, -0.05) is 18.2 Å². The molecule has 0 saturated heterocycles. The Morgan fingerprint density at radius 3 is 2.57 bits per heavy atom. The van der Waals surface area contributed by atoms with Crippen LogP contribution in [0.3, 0.4) is 0 Å². The van der Waals surface area contributed by atoms with E-state index >= 15 is 0 Å². The third-order valence-electron chi connectivity index (χ3n) is 4.59. The Hall–Kier alpha value is -3.67. The van der Waals surface area contributed by atoms with Gasteiger partial charge >= 0.3 is 5.97 Å². The first-order chi connectivity index (χ1) is 13.7. The van der Waals surface area contributed by atoms with Crippen LogP contribution in [-0.4, -0.2) is 27.6 Å². The van der Waals surface area contributed by atoms with Gasteiger partial charge in [0.15, 0.2) is 0 Å². The van der Waals surface area contributed by atoms with Crippen LogP contribution < -0.4 is 9.47 Å². The molecule has 0 aliphatic heterocycles. The van der Waals surface area contributed by atoms with E-state index in [0.717, 1.165) is 22.1 Å². The molecule has 0 bridgehead atoms. The van der Waals surface area contributed by atoms with Gasteiger partial charge in [0.2, 0.25) is 0 Å². The van der Waals surface area contributed by atoms with Crippen molar-refractivity contribution in [1.82, 2.24) is 14.5 Å². The molecule has 2 aromatic heterocycles. The minimum atomic E-state index is -0.322. The molecule has 6 heteroatoms. The van der Waals surface area contributed by atoms with E-state index in [1.165, 1.54) is 0 Å². The Balaban J connectivity index is 1.54. The monoisotopic (exact) mass is 373 g/mol. The number of pyridine rings is 1. The van der Waals surface area contributed by atoms with Gasteiger partial charge in [-0.2, -0.15) is 0 Å². The highest BCUT2D eigenvalue weighted by atomic mass is 16.5. The molecule has 0 spiro atoms. The predicted octanol–water partition coefficient (Wildman–Crippen LogP) is 4.03. The number of hydrogen-bond acceptors (Lipinski definition) is 5. The maximum absolute atomic E-state index is 12.7. The Bertz CT molecular complexity index is 1080. The van der Waals surface area contributed by atoms with Gasteiger partial charge in [0.25, 0.3) is 0 Å². The Labute approximate surface area is 162 Å². The van der Waals surface area contributed by atoms with E-state index in [1.54, 1.807) is 38.1 Å². The number of carbonyl (C=O) groups is 1. The summed E-state index contributed by atoms with van der Waals surface area (Å²) in [6, 6.07) is 14.9. The van der Waals surface area contributed by atoms with Crippen LogP contribution in [0.1, 0.15) is 18.0 Å². The summed E-state index contributed by atoms with van der Waals surface area (Å²) in [4.78, 5) is 20.9. The first kappa shape index (κ1) is 17.7. The molecule has 0 fully saturated rings. The zero-order chi connectivity index (χ0) is 19.3. The maximum Gasteiger partial charge on any atom is 0.313 e. The van der Waals surface area contributed by atoms with Gasteiger partial charge in [0.1, 0.15) is 11.5 Å². The lowest BCUT2D eigenvalue weighted by molar-refractivity contribution is -0.135. The van der Waals surface area contributed by atoms with Crippen molar-refractivity contribution in [2.75, 3.05) is 7.11 Å². The fraction of sp³-hybridized carbons (Fsp3) is 0.136. The number of imidazole rings is 1. The summed E-state index contributed by atoms with van der Waals surface area (Å²) in [6.07, 6.45) is 8.89. The maximum atomic E-state index is 12.7. The molecule has 1 unspecified atom stereocenters. The number of carbonyl (C=O) groups excluding carboxylic acids is 1. The number of fused-ring (bicyclic) bond motifs is 1. The molecular weight excluding hydrogens is 354 g/mol. The number of benzene rings is 2. The summed E-state index contributed by atoms with van der Waals surface area (Å²) in [5, 5.41) is 1.97. The molecule has 4 aromatic rings. The van der Waals surface area contributed by atoms with E-state index in [2.05, 4.69) is 9.97 Å². The van der Waals surface area contributed by atoms with Crippen molar-refractivity contribution in [3.63, 3.8) is 0 Å². The van der Waals surface area contributed by atoms with Crippen molar-refractivity contribution >= 4 is 16.7 Å². The second-order valence-corrected chi connectivity index (χ2v) is 6.36. The molecule has 4 rings (SSSR count). The molecule has 2 aromatic carbocycles. The van der Waals surface area contributed by atoms with Gasteiger partial charge in [-0.25, -0.2) is 4.98 Å². The molecule has 0 N–H and O–H groups in total. The van der Waals surface area contributed by atoms with Crippen molar-refractivity contribution in [3.05, 3.63) is 85.2 Å². The average Bonchev–Trinajstić information content (AvgIpc) is 3.27. The fourth-order valence-electron chi connectivity index (χ4n) is 3.13. The van der Waals surface area contributed by atoms with Crippen molar-refractivity contribution in [3.8, 4) is 11.5 Å². The molecule has 1 atom stereocenters. The molecule has 0 saturated carbocycles. The average molecular weight is 373 g/mol. The third kappa shape index (κ3) is 3.86. The number of nitrogens with zero attached hydrogens (tertiary/aromatic N) is 3. The summed E-state index contributed by atoms with van der Waals surface area (Å²) < 4.78 is 12.7. The van der Waals surface area contributed by atoms with Crippen LogP contribution in [0.15, 0.2) is 79.6 Å². The largest absolute Gasteiger partial charge is 0.497 e. The normalized spacial score (nSPS) is 11.9. The number of rotatable bonds is 6. The molecule has 28 heavy (non-hydrogen) atoms. The SMILES string of the molecule is COc1ccc(C(CC(=O)Oc2ccc3ccncc3c2)n2ccnc2)cc1. The van der Waals surface area contributed by atoms with Crippen LogP contribution in [0.4, 0.5) is 0 Å². The van der Waals surface area contributed by atoms with Gasteiger partial charge in [-0.05, 0) is 41.3 Å². The number of esters is 1. The Morgan fingerprint density at radius 2 is 1.82 bits per heavy atom. The number of aromatic nitrogens is 3. The zero-order valence-electron chi connectivity index (χ0n) is 15.4. The van der Waals surface area contributed by atoms with Gasteiger partial charge in [-0.3, -0.25) is 9.78 Å². The van der Waals surface area contributed by atoms with Crippen molar-refractivity contribution < 1.29 is 14.3 Å². The summed E-state index contributed by atoms with van der Waals surface area (Å²) in [6.45, 7) is 0. The standard InChI is InChI=1S/C22H19N3O3/c1-27-19-5-3-17(4-6-19)21(25-11-10-24-15-25)13-22(26)28-20-7-2-16-8-9-23-14-18(16)12-20/h2-12,14-15,21H,13H2,1H3. The lowest BCUT2D eigenvalue weighted by Crippen LogP contribution is -2.18. The van der Waals surface area contributed by atoms with Gasteiger partial charge in [-0.15, -0.1) is 0 Å². The zero-order valence-corrected chi connectivity index (χ0v) is 15.4. The van der Waals surface area contributed by atoms with Crippen LogP contribution in [0, 0.1) is 0 Å². The van der Waals surface area contributed by atoms with E-state index in [0.29, 0.717) is 5.75 Å². The molecular formula is C22H19N3O3. The number of ether oxygens (including phenoxy) is 2. The topological polar surface area (TPSA) is 66.2 Å². The fourth-order valence-corrected chi connectivity index (χ4v) is 3.13. The highest BCUT2D eigenvalue weighted by Crippen LogP contribution is 2.26. The van der Waals surface area contributed by atoms with E-state index in [1.807, 2.05) is 53.2 Å². The minimum absolute atomic E-state index is 0.174. The summed E-state index contributed by atoms with van der Waals surface area (Å²) >= 11 is 0. The second-order valence-electron chi connectivity index (χ2n) is 6.36. The van der Waals surface area contributed by atoms with Crippen LogP contribution in [0.5, 0.6) is 11.5 Å². The predicted molar refractivity (Wildman–Crippen MR) is 105 cm³/mol. The first-order valence-corrected chi connectivity index (χ1v) is 8.89. The van der Waals surface area contributed by atoms with Crippen LogP contribution in [-0.2, 0) is 4.79 Å². The van der Waals surface area contributed by atoms with Crippen LogP contribution in [0.2, 0.25) is 0 Å². The summed E-state index contributed by atoms with van der Waals surface area (Å²) in [5.74, 6) is 0.947. The van der Waals surface area contributed by atoms with E-state index in [-0.39, 0.29) is 18.4 Å². The number of hydrogen-bond donors (Lipinski definition) is 0. The highest BCUT2D eigenvalue weighted by Gasteiger charge is 2.19. The van der Waals surface area contributed by atoms with Crippen molar-refractivity contribution in [2.24, 2.45) is 0 Å². The quantitative estimate of drug-likeness (QED) is 0.377. The molecule has 2 heterocycles. The lowest BCUT2D eigenvalue weighted by atomic mass is 10.0. The molecule has 0 aliphatic carbocycles. The first-order valence-electron chi connectivity index (χ1n) is 8.89. The van der Waals surface area contributed by atoms with E-state index in [9.17, 15) is 4.79 Å². The minimum Gasteiger partial charge on any atom is -0.497 e. The number of methoxy groups -OCH3 is 1. The van der Waals surface area contributed by atoms with Gasteiger partial charge in [0, 0.05) is 30.2 Å². The molecule has 0 amide bonds. The smallest absolute Gasteiger partial charge is 0.313 e. The summed E-state index contributed by atoms with van der Waals surface area (Å²) in [5.41, 5.74) is 0.971. The summed E-state index contributed by atoms with van der Waals surface area (Å²) in [7, 11) is 1.62.